The van der Waals surface area contributed by atoms with Gasteiger partial charge >= 0.3 is 7.60 Å². The van der Waals surface area contributed by atoms with Crippen molar-refractivity contribution in [1.82, 2.24) is 0 Å². The van der Waals surface area contributed by atoms with Gasteiger partial charge in [-0.25, -0.2) is 0 Å². The van der Waals surface area contributed by atoms with Crippen molar-refractivity contribution in [2.24, 2.45) is 0 Å². The standard InChI is InChI=1S/C2H6O4P/c3-1-2-7(4,5)6/h2-3H,1H2,(H2,4,5,6). The molecule has 0 aromatic carbocycles. The molecule has 5 heteroatoms. The van der Waals surface area contributed by atoms with Crippen LogP contribution >= 0.6 is 7.60 Å². The first-order valence-corrected chi connectivity index (χ1v) is 3.25. The molecule has 0 spiro atoms. The molecule has 4 nitrogen and oxygen atoms in total. The molecule has 0 aromatic rings. The summed E-state index contributed by atoms with van der Waals surface area (Å²) in [6.07, 6.45) is 0.535. The Morgan fingerprint density at radius 2 is 2.00 bits per heavy atom. The highest BCUT2D eigenvalue weighted by molar-refractivity contribution is 7.54. The van der Waals surface area contributed by atoms with E-state index in [9.17, 15) is 4.57 Å². The molecule has 1 radical (unpaired) electrons. The van der Waals surface area contributed by atoms with Gasteiger partial charge in [0.25, 0.3) is 0 Å². The van der Waals surface area contributed by atoms with Crippen LogP contribution in [0.2, 0.25) is 0 Å². The molecule has 0 heterocycles. The van der Waals surface area contributed by atoms with Gasteiger partial charge in [-0.2, -0.15) is 0 Å². The Morgan fingerprint density at radius 3 is 2.00 bits per heavy atom. The summed E-state index contributed by atoms with van der Waals surface area (Å²) in [6.45, 7) is -0.579. The van der Waals surface area contributed by atoms with Crippen LogP contribution in [0.5, 0.6) is 0 Å². The number of hydrogen-bond donors (Lipinski definition) is 3. The lowest BCUT2D eigenvalue weighted by molar-refractivity contribution is 0.318. The lowest BCUT2D eigenvalue weighted by atomic mass is 10.9. The maximum Gasteiger partial charge on any atom is 0.331 e. The van der Waals surface area contributed by atoms with Crippen molar-refractivity contribution in [2.75, 3.05) is 6.61 Å². The predicted octanol–water partition coefficient (Wildman–Crippen LogP) is -0.682. The van der Waals surface area contributed by atoms with Gasteiger partial charge in [0.15, 0.2) is 0 Å². The first-order valence-electron chi connectivity index (χ1n) is 1.57. The van der Waals surface area contributed by atoms with E-state index in [2.05, 4.69) is 0 Å². The lowest BCUT2D eigenvalue weighted by Gasteiger charge is -1.95. The van der Waals surface area contributed by atoms with Gasteiger partial charge in [0.2, 0.25) is 0 Å². The fraction of sp³-hybridized carbons (Fsp3) is 0.500. The minimum absolute atomic E-state index is 0.535. The van der Waals surface area contributed by atoms with Crippen LogP contribution in [0.15, 0.2) is 0 Å². The second kappa shape index (κ2) is 2.43. The third kappa shape index (κ3) is 6.11. The van der Waals surface area contributed by atoms with Crippen molar-refractivity contribution in [1.29, 1.82) is 0 Å². The average Bonchev–Trinajstić information content (AvgIpc) is 1.30. The summed E-state index contributed by atoms with van der Waals surface area (Å²) in [7, 11) is -4.04. The van der Waals surface area contributed by atoms with Crippen molar-refractivity contribution in [3.63, 3.8) is 0 Å². The van der Waals surface area contributed by atoms with E-state index in [1.165, 1.54) is 0 Å². The van der Waals surface area contributed by atoms with E-state index in [4.69, 9.17) is 14.9 Å². The Hall–Kier alpha value is 0.110. The zero-order valence-corrected chi connectivity index (χ0v) is 4.38. The van der Waals surface area contributed by atoms with Gasteiger partial charge in [0.05, 0.1) is 6.61 Å². The molecule has 0 aromatic heterocycles. The van der Waals surface area contributed by atoms with E-state index in [0.29, 0.717) is 6.16 Å². The van der Waals surface area contributed by atoms with Gasteiger partial charge in [0, 0.05) is 0 Å². The third-order valence-corrected chi connectivity index (χ3v) is 0.958. The van der Waals surface area contributed by atoms with Crippen molar-refractivity contribution in [3.05, 3.63) is 6.16 Å². The Morgan fingerprint density at radius 1 is 1.57 bits per heavy atom. The topological polar surface area (TPSA) is 77.8 Å². The zero-order chi connectivity index (χ0) is 5.91. The van der Waals surface area contributed by atoms with Gasteiger partial charge in [0.1, 0.15) is 6.16 Å². The van der Waals surface area contributed by atoms with Gasteiger partial charge in [-0.05, 0) is 0 Å². The molecule has 0 saturated carbocycles. The molecule has 43 valence electrons. The Bertz CT molecular complexity index is 83.7. The SMILES string of the molecule is O=P(O)(O)[CH]CO. The van der Waals surface area contributed by atoms with Crippen LogP contribution in [0.3, 0.4) is 0 Å². The summed E-state index contributed by atoms with van der Waals surface area (Å²) in [5, 5.41) is 7.85. The van der Waals surface area contributed by atoms with E-state index < -0.39 is 14.2 Å². The smallest absolute Gasteiger partial charge is 0.331 e. The summed E-state index contributed by atoms with van der Waals surface area (Å²) in [4.78, 5) is 15.8. The molecular formula is C2H6O4P. The van der Waals surface area contributed by atoms with Crippen LogP contribution in [0.4, 0.5) is 0 Å². The van der Waals surface area contributed by atoms with E-state index >= 15 is 0 Å². The second-order valence-electron chi connectivity index (χ2n) is 0.954. The summed E-state index contributed by atoms with van der Waals surface area (Å²) in [6, 6.07) is 0. The highest BCUT2D eigenvalue weighted by Crippen LogP contribution is 2.37. The quantitative estimate of drug-likeness (QED) is 0.427. The molecule has 0 aliphatic carbocycles. The van der Waals surface area contributed by atoms with Crippen LogP contribution < -0.4 is 0 Å². The molecule has 0 fully saturated rings. The minimum Gasteiger partial charge on any atom is -0.395 e. The van der Waals surface area contributed by atoms with Crippen LogP contribution in [0.1, 0.15) is 0 Å². The lowest BCUT2D eigenvalue weighted by Crippen LogP contribution is -1.83. The summed E-state index contributed by atoms with van der Waals surface area (Å²) >= 11 is 0. The Balaban J connectivity index is 3.36. The first-order chi connectivity index (χ1) is 3.06. The number of rotatable bonds is 2. The molecule has 0 aliphatic heterocycles. The predicted molar refractivity (Wildman–Crippen MR) is 23.4 cm³/mol. The molecule has 0 unspecified atom stereocenters. The van der Waals surface area contributed by atoms with E-state index in [0.717, 1.165) is 0 Å². The second-order valence-corrected chi connectivity index (χ2v) is 2.50. The van der Waals surface area contributed by atoms with Crippen LogP contribution in [0.25, 0.3) is 0 Å². The van der Waals surface area contributed by atoms with E-state index in [1.54, 1.807) is 0 Å². The number of hydrogen-bond acceptors (Lipinski definition) is 2. The zero-order valence-electron chi connectivity index (χ0n) is 3.48. The molecule has 0 saturated heterocycles. The van der Waals surface area contributed by atoms with Gasteiger partial charge < -0.3 is 14.9 Å². The summed E-state index contributed by atoms with van der Waals surface area (Å²) in [5.41, 5.74) is 0. The largest absolute Gasteiger partial charge is 0.395 e. The molecule has 3 N–H and O–H groups in total. The Kier molecular flexibility index (Phi) is 2.46. The van der Waals surface area contributed by atoms with E-state index in [1.807, 2.05) is 0 Å². The minimum atomic E-state index is -4.04. The molecule has 0 aliphatic rings. The molecule has 0 amide bonds. The molecule has 0 rings (SSSR count). The molecule has 0 atom stereocenters. The maximum atomic E-state index is 9.71. The van der Waals surface area contributed by atoms with Crippen molar-refractivity contribution >= 4 is 7.60 Å². The van der Waals surface area contributed by atoms with Crippen molar-refractivity contribution in [2.45, 2.75) is 0 Å². The van der Waals surface area contributed by atoms with Crippen LogP contribution in [-0.2, 0) is 4.57 Å². The molecule has 7 heavy (non-hydrogen) atoms. The van der Waals surface area contributed by atoms with Crippen LogP contribution in [-0.4, -0.2) is 21.5 Å². The normalized spacial score (nSPS) is 11.9. The fourth-order valence-electron chi connectivity index (χ4n) is 0.106. The van der Waals surface area contributed by atoms with Crippen molar-refractivity contribution < 1.29 is 19.5 Å². The average molecular weight is 125 g/mol. The molecule has 0 bridgehead atoms. The van der Waals surface area contributed by atoms with E-state index in [-0.39, 0.29) is 0 Å². The van der Waals surface area contributed by atoms with Gasteiger partial charge in [-0.1, -0.05) is 0 Å². The van der Waals surface area contributed by atoms with Gasteiger partial charge in [-0.3, -0.25) is 4.57 Å². The third-order valence-electron chi connectivity index (χ3n) is 0.319. The van der Waals surface area contributed by atoms with Gasteiger partial charge in [-0.15, -0.1) is 0 Å². The van der Waals surface area contributed by atoms with Crippen molar-refractivity contribution in [3.8, 4) is 0 Å². The highest BCUT2D eigenvalue weighted by atomic mass is 31.2. The highest BCUT2D eigenvalue weighted by Gasteiger charge is 2.10. The number of aliphatic hydroxyl groups excluding tert-OH is 1. The fourth-order valence-corrected chi connectivity index (χ4v) is 0.319. The first kappa shape index (κ1) is 7.11. The summed E-state index contributed by atoms with van der Waals surface area (Å²) < 4.78 is 9.71. The Labute approximate surface area is 40.9 Å². The number of aliphatic hydroxyl groups is 1. The monoisotopic (exact) mass is 125 g/mol. The van der Waals surface area contributed by atoms with Crippen LogP contribution in [0, 0.1) is 6.16 Å². The maximum absolute atomic E-state index is 9.71. The molecular weight excluding hydrogens is 119 g/mol. The summed E-state index contributed by atoms with van der Waals surface area (Å²) in [5.74, 6) is 0.